The van der Waals surface area contributed by atoms with Gasteiger partial charge in [-0.25, -0.2) is 0 Å². The topological polar surface area (TPSA) is 45.0 Å². The van der Waals surface area contributed by atoms with Crippen molar-refractivity contribution in [2.24, 2.45) is 10.2 Å². The zero-order valence-electron chi connectivity index (χ0n) is 9.88. The van der Waals surface area contributed by atoms with Crippen LogP contribution in [0.3, 0.4) is 0 Å². The van der Waals surface area contributed by atoms with Gasteiger partial charge in [0.25, 0.3) is 0 Å². The van der Waals surface area contributed by atoms with Crippen molar-refractivity contribution in [3.05, 3.63) is 53.6 Å². The van der Waals surface area contributed by atoms with Crippen LogP contribution in [0.15, 0.2) is 52.7 Å². The van der Waals surface area contributed by atoms with Crippen LogP contribution < -0.4 is 0 Å². The molecule has 0 aliphatic heterocycles. The van der Waals surface area contributed by atoms with Crippen molar-refractivity contribution in [3.8, 4) is 5.75 Å². The van der Waals surface area contributed by atoms with Crippen LogP contribution in [0, 0.1) is 13.8 Å². The third-order valence-corrected chi connectivity index (χ3v) is 2.44. The van der Waals surface area contributed by atoms with Crippen LogP contribution in [0.1, 0.15) is 11.1 Å². The lowest BCUT2D eigenvalue weighted by atomic mass is 10.2. The SMILES string of the molecule is Cc1ccc(/N=N/c2cc(C)ccc2O)cc1. The molecule has 2 rings (SSSR count). The molecule has 0 aliphatic carbocycles. The van der Waals surface area contributed by atoms with Gasteiger partial charge >= 0.3 is 0 Å². The van der Waals surface area contributed by atoms with Crippen LogP contribution in [-0.2, 0) is 0 Å². The van der Waals surface area contributed by atoms with Crippen LogP contribution in [0.5, 0.6) is 5.75 Å². The normalized spacial score (nSPS) is 10.9. The Kier molecular flexibility index (Phi) is 3.19. The van der Waals surface area contributed by atoms with E-state index >= 15 is 0 Å². The molecule has 0 aromatic heterocycles. The minimum Gasteiger partial charge on any atom is -0.506 e. The summed E-state index contributed by atoms with van der Waals surface area (Å²) >= 11 is 0. The fraction of sp³-hybridized carbons (Fsp3) is 0.143. The Hall–Kier alpha value is -2.16. The molecular formula is C14H14N2O. The molecule has 0 heterocycles. The molecule has 0 unspecified atom stereocenters. The van der Waals surface area contributed by atoms with Crippen molar-refractivity contribution in [3.63, 3.8) is 0 Å². The Balaban J connectivity index is 2.25. The fourth-order valence-corrected chi connectivity index (χ4v) is 1.44. The summed E-state index contributed by atoms with van der Waals surface area (Å²) in [6.07, 6.45) is 0. The number of aromatic hydroxyl groups is 1. The molecule has 0 saturated carbocycles. The average Bonchev–Trinajstić information content (AvgIpc) is 2.32. The lowest BCUT2D eigenvalue weighted by Gasteiger charge is -1.99. The number of phenolic OH excluding ortho intramolecular Hbond substituents is 1. The molecule has 3 nitrogen and oxygen atoms in total. The molecule has 0 atom stereocenters. The number of nitrogens with zero attached hydrogens (tertiary/aromatic N) is 2. The second-order valence-corrected chi connectivity index (χ2v) is 4.03. The van der Waals surface area contributed by atoms with Crippen molar-refractivity contribution in [2.45, 2.75) is 13.8 Å². The largest absolute Gasteiger partial charge is 0.506 e. The summed E-state index contributed by atoms with van der Waals surface area (Å²) in [6, 6.07) is 13.0. The Morgan fingerprint density at radius 1 is 0.824 bits per heavy atom. The molecule has 0 radical (unpaired) electrons. The Morgan fingerprint density at radius 2 is 1.47 bits per heavy atom. The molecule has 0 amide bonds. The highest BCUT2D eigenvalue weighted by molar-refractivity contribution is 5.52. The van der Waals surface area contributed by atoms with Gasteiger partial charge in [-0.3, -0.25) is 0 Å². The quantitative estimate of drug-likeness (QED) is 0.756. The molecule has 3 heteroatoms. The molecule has 0 bridgehead atoms. The van der Waals surface area contributed by atoms with Gasteiger partial charge in [0.05, 0.1) is 5.69 Å². The second kappa shape index (κ2) is 4.78. The van der Waals surface area contributed by atoms with Crippen molar-refractivity contribution in [2.75, 3.05) is 0 Å². The molecular weight excluding hydrogens is 212 g/mol. The smallest absolute Gasteiger partial charge is 0.143 e. The van der Waals surface area contributed by atoms with Crippen molar-refractivity contribution < 1.29 is 5.11 Å². The molecule has 0 fully saturated rings. The summed E-state index contributed by atoms with van der Waals surface area (Å²) in [6.45, 7) is 3.97. The molecule has 0 aliphatic rings. The van der Waals surface area contributed by atoms with E-state index in [9.17, 15) is 5.11 Å². The van der Waals surface area contributed by atoms with E-state index in [1.165, 1.54) is 5.56 Å². The van der Waals surface area contributed by atoms with Gasteiger partial charge in [-0.1, -0.05) is 23.8 Å². The number of hydrogen-bond acceptors (Lipinski definition) is 3. The minimum absolute atomic E-state index is 0.145. The molecule has 86 valence electrons. The second-order valence-electron chi connectivity index (χ2n) is 4.03. The predicted molar refractivity (Wildman–Crippen MR) is 68.2 cm³/mol. The Morgan fingerprint density at radius 3 is 2.18 bits per heavy atom. The van der Waals surface area contributed by atoms with Crippen LogP contribution in [0.4, 0.5) is 11.4 Å². The van der Waals surface area contributed by atoms with Gasteiger partial charge in [-0.15, -0.1) is 5.11 Å². The highest BCUT2D eigenvalue weighted by Crippen LogP contribution is 2.28. The van der Waals surface area contributed by atoms with Crippen molar-refractivity contribution in [1.82, 2.24) is 0 Å². The lowest BCUT2D eigenvalue weighted by molar-refractivity contribution is 0.476. The summed E-state index contributed by atoms with van der Waals surface area (Å²) in [7, 11) is 0. The summed E-state index contributed by atoms with van der Waals surface area (Å²) in [4.78, 5) is 0. The molecule has 17 heavy (non-hydrogen) atoms. The van der Waals surface area contributed by atoms with Gasteiger partial charge in [-0.05, 0) is 43.7 Å². The molecule has 2 aromatic rings. The first-order chi connectivity index (χ1) is 8.15. The van der Waals surface area contributed by atoms with Gasteiger partial charge in [0.2, 0.25) is 0 Å². The zero-order chi connectivity index (χ0) is 12.3. The Labute approximate surface area is 100 Å². The van der Waals surface area contributed by atoms with E-state index in [0.29, 0.717) is 5.69 Å². The number of aryl methyl sites for hydroxylation is 2. The van der Waals surface area contributed by atoms with Gasteiger partial charge in [0, 0.05) is 0 Å². The van der Waals surface area contributed by atoms with Crippen molar-refractivity contribution in [1.29, 1.82) is 0 Å². The van der Waals surface area contributed by atoms with E-state index < -0.39 is 0 Å². The molecule has 0 spiro atoms. The predicted octanol–water partition coefficient (Wildman–Crippen LogP) is 4.42. The van der Waals surface area contributed by atoms with Crippen LogP contribution in [0.25, 0.3) is 0 Å². The number of rotatable bonds is 2. The third kappa shape index (κ3) is 2.91. The first-order valence-corrected chi connectivity index (χ1v) is 5.43. The van der Waals surface area contributed by atoms with Gasteiger partial charge in [-0.2, -0.15) is 5.11 Å². The highest BCUT2D eigenvalue weighted by atomic mass is 16.3. The maximum absolute atomic E-state index is 9.60. The van der Waals surface area contributed by atoms with Crippen LogP contribution >= 0.6 is 0 Å². The summed E-state index contributed by atoms with van der Waals surface area (Å²) in [5.41, 5.74) is 3.49. The number of azo groups is 1. The van der Waals surface area contributed by atoms with E-state index in [2.05, 4.69) is 10.2 Å². The van der Waals surface area contributed by atoms with E-state index in [4.69, 9.17) is 0 Å². The molecule has 0 saturated heterocycles. The third-order valence-electron chi connectivity index (χ3n) is 2.44. The number of hydrogen-bond donors (Lipinski definition) is 1. The number of benzene rings is 2. The van der Waals surface area contributed by atoms with E-state index in [-0.39, 0.29) is 5.75 Å². The fourth-order valence-electron chi connectivity index (χ4n) is 1.44. The Bertz CT molecular complexity index is 545. The molecule has 1 N–H and O–H groups in total. The maximum Gasteiger partial charge on any atom is 0.143 e. The summed E-state index contributed by atoms with van der Waals surface area (Å²) in [5, 5.41) is 17.7. The van der Waals surface area contributed by atoms with Gasteiger partial charge < -0.3 is 5.11 Å². The van der Waals surface area contributed by atoms with Crippen molar-refractivity contribution >= 4 is 11.4 Å². The summed E-state index contributed by atoms with van der Waals surface area (Å²) < 4.78 is 0. The zero-order valence-corrected chi connectivity index (χ0v) is 9.88. The summed E-state index contributed by atoms with van der Waals surface area (Å²) in [5.74, 6) is 0.145. The minimum atomic E-state index is 0.145. The van der Waals surface area contributed by atoms with Gasteiger partial charge in [0.1, 0.15) is 11.4 Å². The monoisotopic (exact) mass is 226 g/mol. The first-order valence-electron chi connectivity index (χ1n) is 5.43. The van der Waals surface area contributed by atoms with Gasteiger partial charge in [0.15, 0.2) is 0 Å². The van der Waals surface area contributed by atoms with E-state index in [1.807, 2.05) is 44.2 Å². The highest BCUT2D eigenvalue weighted by Gasteiger charge is 1.99. The number of phenols is 1. The average molecular weight is 226 g/mol. The van der Waals surface area contributed by atoms with Crippen LogP contribution in [0.2, 0.25) is 0 Å². The van der Waals surface area contributed by atoms with Crippen LogP contribution in [-0.4, -0.2) is 5.11 Å². The van der Waals surface area contributed by atoms with E-state index in [0.717, 1.165) is 11.3 Å². The molecule has 2 aromatic carbocycles. The standard InChI is InChI=1S/C14H14N2O/c1-10-3-6-12(7-4-10)15-16-13-9-11(2)5-8-14(13)17/h3-9,17H,1-2H3/b16-15+. The van der Waals surface area contributed by atoms with E-state index in [1.54, 1.807) is 12.1 Å². The lowest BCUT2D eigenvalue weighted by Crippen LogP contribution is -1.72. The maximum atomic E-state index is 9.60. The first kappa shape index (κ1) is 11.3.